The average molecular weight is 313 g/mol. The number of urea groups is 2. The molecular weight excluding hydrogens is 294 g/mol. The molecule has 0 aromatic heterocycles. The van der Waals surface area contributed by atoms with Gasteiger partial charge in [-0.15, -0.1) is 0 Å². The maximum absolute atomic E-state index is 11.4. The van der Waals surface area contributed by atoms with Gasteiger partial charge in [0, 0.05) is 20.6 Å². The predicted molar refractivity (Wildman–Crippen MR) is 90.3 cm³/mol. The fourth-order valence-electron chi connectivity index (χ4n) is 2.06. The molecule has 0 bridgehead atoms. The first-order chi connectivity index (χ1) is 11.1. The number of nitrogens with one attached hydrogen (secondary N) is 4. The van der Waals surface area contributed by atoms with Crippen LogP contribution in [0.25, 0.3) is 10.8 Å². The number of nitrogens with zero attached hydrogens (tertiary/aromatic N) is 1. The fourth-order valence-corrected chi connectivity index (χ4v) is 2.06. The van der Waals surface area contributed by atoms with E-state index in [4.69, 9.17) is 0 Å². The van der Waals surface area contributed by atoms with E-state index in [1.807, 2.05) is 42.5 Å². The van der Waals surface area contributed by atoms with Crippen molar-refractivity contribution in [3.05, 3.63) is 48.0 Å². The van der Waals surface area contributed by atoms with Crippen LogP contribution < -0.4 is 21.3 Å². The highest BCUT2D eigenvalue weighted by Gasteiger charge is 2.07. The molecule has 0 aliphatic rings. The van der Waals surface area contributed by atoms with Crippen LogP contribution in [0.2, 0.25) is 0 Å². The van der Waals surface area contributed by atoms with Crippen LogP contribution in [0, 0.1) is 0 Å². The number of hydrogen-bond acceptors (Lipinski definition) is 2. The molecule has 7 heteroatoms. The molecule has 4 N–H and O–H groups in total. The quantitative estimate of drug-likeness (QED) is 0.500. The predicted octanol–water partition coefficient (Wildman–Crippen LogP) is 1.55. The third-order valence-corrected chi connectivity index (χ3v) is 3.21. The molecule has 120 valence electrons. The molecule has 0 saturated heterocycles. The van der Waals surface area contributed by atoms with E-state index in [-0.39, 0.29) is 5.96 Å². The van der Waals surface area contributed by atoms with Crippen molar-refractivity contribution in [3.63, 3.8) is 0 Å². The van der Waals surface area contributed by atoms with Gasteiger partial charge in [-0.1, -0.05) is 42.5 Å². The summed E-state index contributed by atoms with van der Waals surface area (Å²) >= 11 is 0. The van der Waals surface area contributed by atoms with Crippen molar-refractivity contribution in [1.82, 2.24) is 21.3 Å². The maximum atomic E-state index is 11.4. The lowest BCUT2D eigenvalue weighted by Crippen LogP contribution is -2.45. The Labute approximate surface area is 134 Å². The van der Waals surface area contributed by atoms with E-state index in [1.54, 1.807) is 0 Å². The van der Waals surface area contributed by atoms with Crippen LogP contribution in [0.4, 0.5) is 9.59 Å². The van der Waals surface area contributed by atoms with Crippen LogP contribution in [0.3, 0.4) is 0 Å². The lowest BCUT2D eigenvalue weighted by atomic mass is 10.0. The molecule has 0 saturated carbocycles. The lowest BCUT2D eigenvalue weighted by Gasteiger charge is -2.12. The van der Waals surface area contributed by atoms with Crippen molar-refractivity contribution in [1.29, 1.82) is 0 Å². The molecule has 0 radical (unpaired) electrons. The van der Waals surface area contributed by atoms with Crippen LogP contribution in [0.1, 0.15) is 5.56 Å². The number of carbonyl (C=O) groups excluding carboxylic acids is 2. The Morgan fingerprint density at radius 2 is 1.74 bits per heavy atom. The minimum atomic E-state index is -0.554. The first kappa shape index (κ1) is 16.3. The van der Waals surface area contributed by atoms with Crippen molar-refractivity contribution in [3.8, 4) is 0 Å². The molecule has 0 atom stereocenters. The minimum Gasteiger partial charge on any atom is -0.351 e. The summed E-state index contributed by atoms with van der Waals surface area (Å²) in [6, 6.07) is 12.9. The zero-order chi connectivity index (χ0) is 16.7. The number of carbonyl (C=O) groups is 2. The van der Waals surface area contributed by atoms with Gasteiger partial charge in [0.1, 0.15) is 0 Å². The minimum absolute atomic E-state index is 0.0802. The Balaban J connectivity index is 2.18. The highest BCUT2D eigenvalue weighted by Crippen LogP contribution is 2.18. The van der Waals surface area contributed by atoms with Crippen LogP contribution in [-0.2, 0) is 6.54 Å². The van der Waals surface area contributed by atoms with Gasteiger partial charge in [0.15, 0.2) is 0 Å². The van der Waals surface area contributed by atoms with Gasteiger partial charge < -0.3 is 16.0 Å². The Bertz CT molecular complexity index is 737. The smallest absolute Gasteiger partial charge is 0.343 e. The Morgan fingerprint density at radius 1 is 1.00 bits per heavy atom. The third-order valence-electron chi connectivity index (χ3n) is 3.21. The molecule has 0 spiro atoms. The number of benzene rings is 2. The number of fused-ring (bicyclic) bond motifs is 1. The summed E-state index contributed by atoms with van der Waals surface area (Å²) in [5.41, 5.74) is 1.03. The zero-order valence-corrected chi connectivity index (χ0v) is 13.0. The third kappa shape index (κ3) is 4.44. The second kappa shape index (κ2) is 7.79. The largest absolute Gasteiger partial charge is 0.351 e. The second-order valence-corrected chi connectivity index (χ2v) is 4.71. The molecule has 2 aromatic carbocycles. The molecular formula is C16H19N5O2. The van der Waals surface area contributed by atoms with Crippen molar-refractivity contribution < 1.29 is 9.59 Å². The fraction of sp³-hybridized carbons (Fsp3) is 0.188. The normalized spacial score (nSPS) is 11.0. The second-order valence-electron chi connectivity index (χ2n) is 4.71. The Morgan fingerprint density at radius 3 is 2.48 bits per heavy atom. The van der Waals surface area contributed by atoms with Crippen LogP contribution in [-0.4, -0.2) is 32.1 Å². The van der Waals surface area contributed by atoms with E-state index in [1.165, 1.54) is 14.1 Å². The van der Waals surface area contributed by atoms with Crippen molar-refractivity contribution in [2.45, 2.75) is 6.54 Å². The molecule has 0 fully saturated rings. The SMILES string of the molecule is CNC(=O)/N=C(/NCc1cccc2ccccc12)NC(=O)NC. The van der Waals surface area contributed by atoms with Crippen LogP contribution in [0.15, 0.2) is 47.5 Å². The first-order valence-corrected chi connectivity index (χ1v) is 7.13. The molecule has 2 aromatic rings. The van der Waals surface area contributed by atoms with Gasteiger partial charge in [0.05, 0.1) is 0 Å². The highest BCUT2D eigenvalue weighted by atomic mass is 16.2. The number of amides is 4. The van der Waals surface area contributed by atoms with Crippen LogP contribution >= 0.6 is 0 Å². The van der Waals surface area contributed by atoms with E-state index in [2.05, 4.69) is 26.3 Å². The van der Waals surface area contributed by atoms with Crippen molar-refractivity contribution in [2.24, 2.45) is 4.99 Å². The number of rotatable bonds is 2. The summed E-state index contributed by atoms with van der Waals surface area (Å²) in [4.78, 5) is 26.6. The zero-order valence-electron chi connectivity index (χ0n) is 13.0. The number of guanidine groups is 1. The van der Waals surface area contributed by atoms with E-state index in [0.29, 0.717) is 6.54 Å². The molecule has 23 heavy (non-hydrogen) atoms. The molecule has 0 unspecified atom stereocenters. The van der Waals surface area contributed by atoms with Gasteiger partial charge in [0.2, 0.25) is 5.96 Å². The average Bonchev–Trinajstić information content (AvgIpc) is 2.59. The number of aliphatic imine (C=N–C) groups is 1. The summed E-state index contributed by atoms with van der Waals surface area (Å²) in [5, 5.41) is 12.5. The van der Waals surface area contributed by atoms with Gasteiger partial charge in [-0.05, 0) is 16.3 Å². The van der Waals surface area contributed by atoms with Gasteiger partial charge in [-0.2, -0.15) is 4.99 Å². The highest BCUT2D eigenvalue weighted by molar-refractivity contribution is 6.01. The monoisotopic (exact) mass is 313 g/mol. The molecule has 0 aliphatic heterocycles. The summed E-state index contributed by atoms with van der Waals surface area (Å²) in [5.74, 6) is 0.0802. The van der Waals surface area contributed by atoms with E-state index >= 15 is 0 Å². The summed E-state index contributed by atoms with van der Waals surface area (Å²) < 4.78 is 0. The van der Waals surface area contributed by atoms with Gasteiger partial charge in [-0.25, -0.2) is 9.59 Å². The summed E-state index contributed by atoms with van der Waals surface area (Å²) in [6.07, 6.45) is 0. The Kier molecular flexibility index (Phi) is 5.51. The van der Waals surface area contributed by atoms with E-state index in [0.717, 1.165) is 16.3 Å². The summed E-state index contributed by atoms with van der Waals surface area (Å²) in [6.45, 7) is 0.418. The molecule has 4 amide bonds. The van der Waals surface area contributed by atoms with E-state index in [9.17, 15) is 9.59 Å². The molecule has 2 rings (SSSR count). The first-order valence-electron chi connectivity index (χ1n) is 7.13. The summed E-state index contributed by atoms with van der Waals surface area (Å²) in [7, 11) is 2.95. The number of hydrogen-bond donors (Lipinski definition) is 4. The standard InChI is InChI=1S/C16H19N5O2/c1-17-15(22)20-14(21-16(23)18-2)19-10-12-8-5-7-11-6-3-4-9-13(11)12/h3-9H,10H2,1-2H3,(H4,17,18,19,20,21,22,23). The van der Waals surface area contributed by atoms with Gasteiger partial charge >= 0.3 is 12.1 Å². The Hall–Kier alpha value is -3.09. The maximum Gasteiger partial charge on any atom is 0.343 e. The molecule has 7 nitrogen and oxygen atoms in total. The van der Waals surface area contributed by atoms with Crippen molar-refractivity contribution >= 4 is 28.8 Å². The van der Waals surface area contributed by atoms with Gasteiger partial charge in [-0.3, -0.25) is 5.32 Å². The van der Waals surface area contributed by atoms with Crippen molar-refractivity contribution in [2.75, 3.05) is 14.1 Å². The molecule has 0 aliphatic carbocycles. The van der Waals surface area contributed by atoms with E-state index < -0.39 is 12.1 Å². The van der Waals surface area contributed by atoms with Crippen LogP contribution in [0.5, 0.6) is 0 Å². The van der Waals surface area contributed by atoms with Gasteiger partial charge in [0.25, 0.3) is 0 Å². The lowest BCUT2D eigenvalue weighted by molar-refractivity contribution is 0.247. The molecule has 0 heterocycles. The topological polar surface area (TPSA) is 94.6 Å².